The second-order valence-corrected chi connectivity index (χ2v) is 9.34. The van der Waals surface area contributed by atoms with Crippen LogP contribution in [-0.4, -0.2) is 15.5 Å². The molecule has 31 heavy (non-hydrogen) atoms. The van der Waals surface area contributed by atoms with Crippen LogP contribution in [0.1, 0.15) is 42.3 Å². The number of hydrogen-bond acceptors (Lipinski definition) is 4. The molecule has 0 fully saturated rings. The van der Waals surface area contributed by atoms with E-state index in [-0.39, 0.29) is 16.3 Å². The highest BCUT2D eigenvalue weighted by molar-refractivity contribution is 7.18. The number of thiophene rings is 1. The third-order valence-electron chi connectivity index (χ3n) is 5.59. The predicted octanol–water partition coefficient (Wildman–Crippen LogP) is 5.45. The molecule has 2 heterocycles. The first-order valence-corrected chi connectivity index (χ1v) is 10.9. The zero-order valence-electron chi connectivity index (χ0n) is 16.7. The van der Waals surface area contributed by atoms with Crippen molar-refractivity contribution >= 4 is 44.7 Å². The van der Waals surface area contributed by atoms with Crippen molar-refractivity contribution in [3.8, 4) is 0 Å². The Hall–Kier alpha value is -2.39. The fourth-order valence-corrected chi connectivity index (χ4v) is 5.29. The van der Waals surface area contributed by atoms with Gasteiger partial charge in [0, 0.05) is 4.88 Å². The molecule has 10 heteroatoms. The number of nitrogens with one attached hydrogen (secondary N) is 1. The van der Waals surface area contributed by atoms with Crippen molar-refractivity contribution in [3.63, 3.8) is 0 Å². The first kappa shape index (κ1) is 21.8. The number of nitrogens with zero attached hydrogens (tertiary/aromatic N) is 2. The molecule has 1 N–H and O–H groups in total. The number of alkyl halides is 3. The minimum atomic E-state index is -4.57. The Morgan fingerprint density at radius 3 is 2.84 bits per heavy atom. The highest BCUT2D eigenvalue weighted by atomic mass is 35.5. The largest absolute Gasteiger partial charge is 0.416 e. The van der Waals surface area contributed by atoms with Gasteiger partial charge in [0.1, 0.15) is 10.9 Å². The maximum absolute atomic E-state index is 13.2. The van der Waals surface area contributed by atoms with Crippen molar-refractivity contribution in [2.24, 2.45) is 5.92 Å². The first-order valence-electron chi connectivity index (χ1n) is 9.75. The Bertz CT molecular complexity index is 1240. The van der Waals surface area contributed by atoms with Gasteiger partial charge in [-0.05, 0) is 55.9 Å². The lowest BCUT2D eigenvalue weighted by atomic mass is 9.89. The van der Waals surface area contributed by atoms with Gasteiger partial charge in [-0.15, -0.1) is 11.3 Å². The smallest absolute Gasteiger partial charge is 0.323 e. The molecule has 1 aliphatic carbocycles. The SMILES string of the molecule is CC1CCc2c(sc3ncn(C(C)C(=O)Nc4cc(C(F)(F)F)ccc4Cl)c(=O)c23)C1. The third kappa shape index (κ3) is 4.08. The van der Waals surface area contributed by atoms with Crippen molar-refractivity contribution in [1.29, 1.82) is 0 Å². The fraction of sp³-hybridized carbons (Fsp3) is 0.381. The summed E-state index contributed by atoms with van der Waals surface area (Å²) in [6.07, 6.45) is -0.583. The number of halogens is 4. The van der Waals surface area contributed by atoms with Gasteiger partial charge in [0.25, 0.3) is 5.56 Å². The molecule has 164 valence electrons. The van der Waals surface area contributed by atoms with Crippen LogP contribution < -0.4 is 10.9 Å². The predicted molar refractivity (Wildman–Crippen MR) is 115 cm³/mol. The molecule has 5 nitrogen and oxygen atoms in total. The molecule has 4 rings (SSSR count). The Morgan fingerprint density at radius 2 is 2.13 bits per heavy atom. The number of rotatable bonds is 3. The van der Waals surface area contributed by atoms with Gasteiger partial charge in [0.2, 0.25) is 5.91 Å². The van der Waals surface area contributed by atoms with Gasteiger partial charge in [-0.1, -0.05) is 18.5 Å². The topological polar surface area (TPSA) is 64.0 Å². The molecule has 0 saturated heterocycles. The lowest BCUT2D eigenvalue weighted by Gasteiger charge is -2.18. The summed E-state index contributed by atoms with van der Waals surface area (Å²) in [6, 6.07) is 1.69. The van der Waals surface area contributed by atoms with E-state index in [0.717, 1.165) is 47.9 Å². The monoisotopic (exact) mass is 469 g/mol. The first-order chi connectivity index (χ1) is 14.6. The number of aromatic nitrogens is 2. The highest BCUT2D eigenvalue weighted by Gasteiger charge is 2.31. The van der Waals surface area contributed by atoms with E-state index in [1.165, 1.54) is 29.2 Å². The van der Waals surface area contributed by atoms with Crippen LogP contribution in [0.2, 0.25) is 5.02 Å². The number of carbonyl (C=O) groups is 1. The zero-order chi connectivity index (χ0) is 22.5. The van der Waals surface area contributed by atoms with Crippen molar-refractivity contribution in [2.45, 2.75) is 45.3 Å². The summed E-state index contributed by atoms with van der Waals surface area (Å²) in [5, 5.41) is 2.90. The Morgan fingerprint density at radius 1 is 1.39 bits per heavy atom. The van der Waals surface area contributed by atoms with E-state index in [1.807, 2.05) is 0 Å². The second kappa shape index (κ2) is 7.94. The van der Waals surface area contributed by atoms with Gasteiger partial charge in [-0.25, -0.2) is 4.98 Å². The fourth-order valence-electron chi connectivity index (χ4n) is 3.78. The van der Waals surface area contributed by atoms with Gasteiger partial charge in [-0.3, -0.25) is 14.2 Å². The second-order valence-electron chi connectivity index (χ2n) is 7.85. The molecule has 0 aliphatic heterocycles. The van der Waals surface area contributed by atoms with Gasteiger partial charge < -0.3 is 5.32 Å². The van der Waals surface area contributed by atoms with Gasteiger partial charge in [-0.2, -0.15) is 13.2 Å². The molecular weight excluding hydrogens is 451 g/mol. The molecule has 2 unspecified atom stereocenters. The Balaban J connectivity index is 1.66. The van der Waals surface area contributed by atoms with Crippen LogP contribution in [-0.2, 0) is 23.8 Å². The van der Waals surface area contributed by atoms with Crippen LogP contribution in [0.4, 0.5) is 18.9 Å². The standard InChI is InChI=1S/C21H19ClF3N3O2S/c1-10-3-5-13-16(7-10)31-19-17(13)20(30)28(9-26-19)11(2)18(29)27-15-8-12(21(23,24)25)4-6-14(15)22/h4,6,8-11H,3,5,7H2,1-2H3,(H,27,29). The maximum Gasteiger partial charge on any atom is 0.416 e. The molecule has 0 saturated carbocycles. The number of carbonyl (C=O) groups excluding carboxylic acids is 1. The summed E-state index contributed by atoms with van der Waals surface area (Å²) in [6.45, 7) is 3.66. The Kier molecular flexibility index (Phi) is 5.59. The van der Waals surface area contributed by atoms with E-state index in [9.17, 15) is 22.8 Å². The highest BCUT2D eigenvalue weighted by Crippen LogP contribution is 2.36. The van der Waals surface area contributed by atoms with E-state index < -0.39 is 23.7 Å². The summed E-state index contributed by atoms with van der Waals surface area (Å²) in [5.41, 5.74) is -0.426. The molecule has 1 aromatic carbocycles. The quantitative estimate of drug-likeness (QED) is 0.554. The molecule has 1 amide bonds. The lowest BCUT2D eigenvalue weighted by Crippen LogP contribution is -2.32. The van der Waals surface area contributed by atoms with Gasteiger partial charge in [0.15, 0.2) is 0 Å². The summed E-state index contributed by atoms with van der Waals surface area (Å²) < 4.78 is 40.2. The van der Waals surface area contributed by atoms with Crippen LogP contribution in [0.5, 0.6) is 0 Å². The van der Waals surface area contributed by atoms with Crippen molar-refractivity contribution in [1.82, 2.24) is 9.55 Å². The summed E-state index contributed by atoms with van der Waals surface area (Å²) >= 11 is 7.47. The maximum atomic E-state index is 13.2. The Labute approximate surface area is 184 Å². The van der Waals surface area contributed by atoms with E-state index >= 15 is 0 Å². The molecule has 0 radical (unpaired) electrons. The van der Waals surface area contributed by atoms with E-state index in [4.69, 9.17) is 11.6 Å². The third-order valence-corrected chi connectivity index (χ3v) is 7.08. The van der Waals surface area contributed by atoms with Crippen molar-refractivity contribution in [2.75, 3.05) is 5.32 Å². The van der Waals surface area contributed by atoms with Crippen LogP contribution in [0.3, 0.4) is 0 Å². The summed E-state index contributed by atoms with van der Waals surface area (Å²) in [4.78, 5) is 32.1. The van der Waals surface area contributed by atoms with E-state index in [0.29, 0.717) is 16.1 Å². The average Bonchev–Trinajstić information content (AvgIpc) is 3.06. The number of anilines is 1. The lowest BCUT2D eigenvalue weighted by molar-refractivity contribution is -0.137. The van der Waals surface area contributed by atoms with Crippen LogP contribution in [0, 0.1) is 5.92 Å². The molecular formula is C21H19ClF3N3O2S. The van der Waals surface area contributed by atoms with Gasteiger partial charge in [0.05, 0.1) is 28.0 Å². The van der Waals surface area contributed by atoms with Crippen molar-refractivity contribution < 1.29 is 18.0 Å². The van der Waals surface area contributed by atoms with Crippen LogP contribution in [0.15, 0.2) is 29.3 Å². The minimum absolute atomic E-state index is 0.0319. The number of aryl methyl sites for hydroxylation is 1. The summed E-state index contributed by atoms with van der Waals surface area (Å²) in [5.74, 6) is -0.119. The minimum Gasteiger partial charge on any atom is -0.323 e. The zero-order valence-corrected chi connectivity index (χ0v) is 18.3. The average molecular weight is 470 g/mol. The molecule has 1 aliphatic rings. The van der Waals surface area contributed by atoms with E-state index in [1.54, 1.807) is 0 Å². The van der Waals surface area contributed by atoms with E-state index in [2.05, 4.69) is 17.2 Å². The van der Waals surface area contributed by atoms with Gasteiger partial charge >= 0.3 is 6.18 Å². The molecule has 0 bridgehead atoms. The molecule has 2 aromatic heterocycles. The molecule has 2 atom stereocenters. The normalized spacial score (nSPS) is 17.4. The summed E-state index contributed by atoms with van der Waals surface area (Å²) in [7, 11) is 0. The number of hydrogen-bond donors (Lipinski definition) is 1. The van der Waals surface area contributed by atoms with Crippen LogP contribution >= 0.6 is 22.9 Å². The molecule has 0 spiro atoms. The number of fused-ring (bicyclic) bond motifs is 3. The number of amides is 1. The van der Waals surface area contributed by atoms with Crippen molar-refractivity contribution in [3.05, 3.63) is 55.9 Å². The van der Waals surface area contributed by atoms with Crippen LogP contribution in [0.25, 0.3) is 10.2 Å². The molecule has 3 aromatic rings. The number of benzene rings is 1.